The fourth-order valence-electron chi connectivity index (χ4n) is 4.27. The summed E-state index contributed by atoms with van der Waals surface area (Å²) in [6.45, 7) is 12.4. The second-order valence-electron chi connectivity index (χ2n) is 8.01. The van der Waals surface area contributed by atoms with Crippen LogP contribution in [0.3, 0.4) is 0 Å². The zero-order chi connectivity index (χ0) is 19.8. The number of aliphatic imine (C=N–C) groups is 1. The Morgan fingerprint density at radius 1 is 1.30 bits per heavy atom. The van der Waals surface area contributed by atoms with Crippen molar-refractivity contribution in [2.45, 2.75) is 52.5 Å². The first-order chi connectivity index (χ1) is 12.8. The van der Waals surface area contributed by atoms with Crippen molar-refractivity contribution in [3.63, 3.8) is 0 Å². The Balaban J connectivity index is 1.97. The minimum atomic E-state index is 0.184. The second-order valence-corrected chi connectivity index (χ2v) is 8.41. The van der Waals surface area contributed by atoms with Crippen LogP contribution in [0.1, 0.15) is 56.7 Å². The van der Waals surface area contributed by atoms with Crippen LogP contribution in [-0.4, -0.2) is 25.4 Å². The van der Waals surface area contributed by atoms with Crippen LogP contribution in [0.4, 0.5) is 11.4 Å². The van der Waals surface area contributed by atoms with Crippen molar-refractivity contribution in [3.05, 3.63) is 52.0 Å². The fraction of sp³-hybridized carbons (Fsp3) is 0.435. The highest BCUT2D eigenvalue weighted by Gasteiger charge is 2.35. The molecular weight excluding hydrogens is 356 g/mol. The summed E-state index contributed by atoms with van der Waals surface area (Å²) < 4.78 is 5.20. The Morgan fingerprint density at radius 3 is 2.67 bits per heavy atom. The van der Waals surface area contributed by atoms with Gasteiger partial charge in [0.05, 0.1) is 17.8 Å². The largest absolute Gasteiger partial charge is 0.495 e. The van der Waals surface area contributed by atoms with Crippen LogP contribution in [0.25, 0.3) is 0 Å². The maximum Gasteiger partial charge on any atom is 0.137 e. The average Bonchev–Trinajstić information content (AvgIpc) is 2.60. The first kappa shape index (κ1) is 19.8. The van der Waals surface area contributed by atoms with Gasteiger partial charge in [-0.15, -0.1) is 0 Å². The SMILES string of the molecule is CCN1c2cc(C)c(C=Nc3ccc(OC)c(Cl)c3)cc2C(C)CC1(C)C. The van der Waals surface area contributed by atoms with Crippen molar-refractivity contribution < 1.29 is 4.74 Å². The van der Waals surface area contributed by atoms with Gasteiger partial charge in [0.15, 0.2) is 0 Å². The lowest BCUT2D eigenvalue weighted by Gasteiger charge is -2.47. The van der Waals surface area contributed by atoms with Gasteiger partial charge in [0, 0.05) is 24.0 Å². The number of hydrogen-bond donors (Lipinski definition) is 0. The molecule has 0 fully saturated rings. The van der Waals surface area contributed by atoms with Gasteiger partial charge in [-0.2, -0.15) is 0 Å². The van der Waals surface area contributed by atoms with Gasteiger partial charge in [-0.1, -0.05) is 18.5 Å². The molecule has 1 unspecified atom stereocenters. The Kier molecular flexibility index (Phi) is 5.53. The molecule has 1 atom stereocenters. The summed E-state index contributed by atoms with van der Waals surface area (Å²) in [5, 5.41) is 0.573. The molecular formula is C23H29ClN2O. The molecule has 144 valence electrons. The molecule has 0 bridgehead atoms. The Morgan fingerprint density at radius 2 is 2.04 bits per heavy atom. The average molecular weight is 385 g/mol. The molecule has 2 aromatic rings. The third-order valence-electron chi connectivity index (χ3n) is 5.58. The van der Waals surface area contributed by atoms with E-state index in [0.29, 0.717) is 16.7 Å². The number of nitrogens with zero attached hydrogens (tertiary/aromatic N) is 2. The molecule has 4 heteroatoms. The van der Waals surface area contributed by atoms with Crippen LogP contribution in [0.2, 0.25) is 5.02 Å². The molecule has 2 aromatic carbocycles. The first-order valence-electron chi connectivity index (χ1n) is 9.56. The van der Waals surface area contributed by atoms with E-state index in [9.17, 15) is 0 Å². The highest BCUT2D eigenvalue weighted by atomic mass is 35.5. The molecule has 0 aliphatic carbocycles. The number of aryl methyl sites for hydroxylation is 1. The Bertz CT molecular complexity index is 873. The molecule has 0 saturated carbocycles. The topological polar surface area (TPSA) is 24.8 Å². The normalized spacial score (nSPS) is 18.6. The van der Waals surface area contributed by atoms with Gasteiger partial charge in [-0.05, 0) is 87.1 Å². The summed E-state index contributed by atoms with van der Waals surface area (Å²) in [5.74, 6) is 1.19. The predicted octanol–water partition coefficient (Wildman–Crippen LogP) is 6.52. The smallest absolute Gasteiger partial charge is 0.137 e. The van der Waals surface area contributed by atoms with E-state index in [0.717, 1.165) is 24.2 Å². The summed E-state index contributed by atoms with van der Waals surface area (Å²) in [5.41, 5.74) is 6.17. The lowest BCUT2D eigenvalue weighted by atomic mass is 9.79. The van der Waals surface area contributed by atoms with Crippen LogP contribution in [0.15, 0.2) is 35.3 Å². The van der Waals surface area contributed by atoms with Gasteiger partial charge in [0.1, 0.15) is 5.75 Å². The molecule has 27 heavy (non-hydrogen) atoms. The van der Waals surface area contributed by atoms with E-state index in [1.54, 1.807) is 7.11 Å². The highest BCUT2D eigenvalue weighted by molar-refractivity contribution is 6.32. The molecule has 1 heterocycles. The number of rotatable bonds is 4. The summed E-state index contributed by atoms with van der Waals surface area (Å²) in [4.78, 5) is 7.16. The van der Waals surface area contributed by atoms with E-state index in [-0.39, 0.29) is 5.54 Å². The molecule has 1 aliphatic rings. The van der Waals surface area contributed by atoms with Gasteiger partial charge in [0.2, 0.25) is 0 Å². The van der Waals surface area contributed by atoms with Crippen LogP contribution < -0.4 is 9.64 Å². The van der Waals surface area contributed by atoms with Crippen LogP contribution in [0, 0.1) is 6.92 Å². The van der Waals surface area contributed by atoms with Crippen LogP contribution in [-0.2, 0) is 0 Å². The zero-order valence-corrected chi connectivity index (χ0v) is 17.9. The van der Waals surface area contributed by atoms with Crippen molar-refractivity contribution in [1.82, 2.24) is 0 Å². The summed E-state index contributed by atoms with van der Waals surface area (Å²) >= 11 is 6.21. The highest BCUT2D eigenvalue weighted by Crippen LogP contribution is 2.44. The first-order valence-corrected chi connectivity index (χ1v) is 9.94. The van der Waals surface area contributed by atoms with E-state index in [1.807, 2.05) is 24.4 Å². The summed E-state index contributed by atoms with van der Waals surface area (Å²) in [6, 6.07) is 10.2. The maximum atomic E-state index is 6.21. The molecule has 0 amide bonds. The van der Waals surface area contributed by atoms with E-state index in [4.69, 9.17) is 16.3 Å². The van der Waals surface area contributed by atoms with Crippen molar-refractivity contribution >= 4 is 29.2 Å². The number of methoxy groups -OCH3 is 1. The standard InChI is InChI=1S/C23H29ClN2O/c1-7-26-21-10-15(2)17(11-19(21)16(3)13-23(26,4)5)14-25-18-8-9-22(27-6)20(24)12-18/h8-12,14,16H,7,13H2,1-6H3. The fourth-order valence-corrected chi connectivity index (χ4v) is 4.52. The van der Waals surface area contributed by atoms with E-state index in [2.05, 4.69) is 56.6 Å². The molecule has 3 nitrogen and oxygen atoms in total. The van der Waals surface area contributed by atoms with Crippen molar-refractivity contribution in [2.24, 2.45) is 4.99 Å². The Hall–Kier alpha value is -2.00. The van der Waals surface area contributed by atoms with Crippen molar-refractivity contribution in [1.29, 1.82) is 0 Å². The van der Waals surface area contributed by atoms with Crippen LogP contribution in [0.5, 0.6) is 5.75 Å². The minimum absolute atomic E-state index is 0.184. The van der Waals surface area contributed by atoms with Gasteiger partial charge < -0.3 is 9.64 Å². The number of fused-ring (bicyclic) bond motifs is 1. The van der Waals surface area contributed by atoms with E-state index >= 15 is 0 Å². The zero-order valence-electron chi connectivity index (χ0n) is 17.1. The summed E-state index contributed by atoms with van der Waals surface area (Å²) in [6.07, 6.45) is 3.10. The molecule has 3 rings (SSSR count). The number of anilines is 1. The molecule has 0 aromatic heterocycles. The molecule has 0 N–H and O–H groups in total. The lowest BCUT2D eigenvalue weighted by molar-refractivity contribution is 0.381. The van der Waals surface area contributed by atoms with Gasteiger partial charge in [-0.25, -0.2) is 0 Å². The van der Waals surface area contributed by atoms with Crippen LogP contribution >= 0.6 is 11.6 Å². The lowest BCUT2D eigenvalue weighted by Crippen LogP contribution is -2.48. The van der Waals surface area contributed by atoms with E-state index < -0.39 is 0 Å². The predicted molar refractivity (Wildman–Crippen MR) is 117 cm³/mol. The van der Waals surface area contributed by atoms with Gasteiger partial charge >= 0.3 is 0 Å². The van der Waals surface area contributed by atoms with E-state index in [1.165, 1.54) is 16.8 Å². The Labute approximate surface area is 168 Å². The third-order valence-corrected chi connectivity index (χ3v) is 5.87. The molecule has 0 saturated heterocycles. The number of ether oxygens (including phenoxy) is 1. The molecule has 0 spiro atoms. The third kappa shape index (κ3) is 3.84. The second kappa shape index (κ2) is 7.55. The number of hydrogen-bond acceptors (Lipinski definition) is 3. The van der Waals surface area contributed by atoms with Gasteiger partial charge in [0.25, 0.3) is 0 Å². The molecule has 0 radical (unpaired) electrons. The monoisotopic (exact) mass is 384 g/mol. The number of benzene rings is 2. The maximum absolute atomic E-state index is 6.21. The van der Waals surface area contributed by atoms with Crippen molar-refractivity contribution in [2.75, 3.05) is 18.6 Å². The minimum Gasteiger partial charge on any atom is -0.495 e. The van der Waals surface area contributed by atoms with Gasteiger partial charge in [-0.3, -0.25) is 4.99 Å². The van der Waals surface area contributed by atoms with Crippen molar-refractivity contribution in [3.8, 4) is 5.75 Å². The summed E-state index contributed by atoms with van der Waals surface area (Å²) in [7, 11) is 1.61. The quantitative estimate of drug-likeness (QED) is 0.560. The molecule has 1 aliphatic heterocycles. The number of halogens is 1.